The quantitative estimate of drug-likeness (QED) is 0.307. The molecule has 168 valence electrons. The molecule has 2 N–H and O–H groups in total. The van der Waals surface area contributed by atoms with Crippen molar-refractivity contribution in [2.75, 3.05) is 13.2 Å². The van der Waals surface area contributed by atoms with Crippen LogP contribution in [0.4, 0.5) is 8.78 Å². The highest BCUT2D eigenvalue weighted by atomic mass is 35.5. The molecule has 2 unspecified atom stereocenters. The van der Waals surface area contributed by atoms with Crippen LogP contribution in [0.1, 0.15) is 49.8 Å². The van der Waals surface area contributed by atoms with Crippen molar-refractivity contribution in [1.82, 2.24) is 4.98 Å². The second-order valence-corrected chi connectivity index (χ2v) is 8.85. The molecule has 1 aliphatic heterocycles. The summed E-state index contributed by atoms with van der Waals surface area (Å²) in [5.41, 5.74) is 10.0. The van der Waals surface area contributed by atoms with Crippen LogP contribution >= 0.6 is 11.6 Å². The Morgan fingerprint density at radius 1 is 1.34 bits per heavy atom. The number of hydrogen-bond donors (Lipinski definition) is 1. The molecule has 2 aromatic rings. The van der Waals surface area contributed by atoms with Gasteiger partial charge < -0.3 is 10.5 Å². The summed E-state index contributed by atoms with van der Waals surface area (Å²) in [6.07, 6.45) is 5.87. The van der Waals surface area contributed by atoms with Gasteiger partial charge in [-0.3, -0.25) is 4.99 Å². The number of rotatable bonds is 7. The zero-order valence-corrected chi connectivity index (χ0v) is 18.9. The molecule has 32 heavy (non-hydrogen) atoms. The summed E-state index contributed by atoms with van der Waals surface area (Å²) in [5.74, 6) is -0.730. The molecule has 1 aromatic carbocycles. The fraction of sp³-hybridized carbons (Fsp3) is 0.360. The van der Waals surface area contributed by atoms with Crippen LogP contribution in [0.5, 0.6) is 5.75 Å². The Hall–Kier alpha value is -2.57. The van der Waals surface area contributed by atoms with Crippen molar-refractivity contribution in [3.05, 3.63) is 70.5 Å². The highest BCUT2D eigenvalue weighted by Crippen LogP contribution is 2.44. The molecule has 0 saturated heterocycles. The van der Waals surface area contributed by atoms with Gasteiger partial charge in [0.25, 0.3) is 0 Å². The largest absolute Gasteiger partial charge is 0.490 e. The molecule has 0 bridgehead atoms. The van der Waals surface area contributed by atoms with E-state index in [4.69, 9.17) is 27.1 Å². The summed E-state index contributed by atoms with van der Waals surface area (Å²) in [4.78, 5) is 9.34. The molecule has 0 amide bonds. The second kappa shape index (κ2) is 9.12. The van der Waals surface area contributed by atoms with Gasteiger partial charge in [-0.2, -0.15) is 0 Å². The molecule has 0 spiro atoms. The molecular weight excluding hydrogens is 432 g/mol. The number of allylic oxidation sites excluding steroid dienone is 1. The lowest BCUT2D eigenvalue weighted by Crippen LogP contribution is -2.16. The van der Waals surface area contributed by atoms with Crippen molar-refractivity contribution in [1.29, 1.82) is 0 Å². The van der Waals surface area contributed by atoms with Crippen LogP contribution in [0.25, 0.3) is 11.3 Å². The van der Waals surface area contributed by atoms with E-state index in [0.717, 1.165) is 22.9 Å². The number of pyridine rings is 1. The molecule has 7 heteroatoms. The maximum atomic E-state index is 14.7. The Bertz CT molecular complexity index is 1120. The first-order chi connectivity index (χ1) is 15.3. The molecule has 1 fully saturated rings. The fourth-order valence-electron chi connectivity index (χ4n) is 3.95. The van der Waals surface area contributed by atoms with E-state index in [2.05, 4.69) is 11.6 Å². The van der Waals surface area contributed by atoms with E-state index in [1.807, 2.05) is 19.9 Å². The van der Waals surface area contributed by atoms with Gasteiger partial charge in [0, 0.05) is 47.5 Å². The number of aromatic nitrogens is 1. The lowest BCUT2D eigenvalue weighted by atomic mass is 9.91. The first-order valence-corrected chi connectivity index (χ1v) is 11.1. The SMILES string of the molecule is C=C/C(=C\N=C(C)C1CC1)C(CN)c1cc2c(c(-c3cc(Cl)c(F)cc3F)n1)OCC2C. The Labute approximate surface area is 191 Å². The highest BCUT2D eigenvalue weighted by Gasteiger charge is 2.30. The second-order valence-electron chi connectivity index (χ2n) is 8.44. The number of aliphatic imine (C=N–C) groups is 1. The number of halogens is 3. The average molecular weight is 458 g/mol. The number of fused-ring (bicyclic) bond motifs is 1. The molecule has 1 aliphatic carbocycles. The molecular formula is C25H26ClF2N3O. The zero-order valence-electron chi connectivity index (χ0n) is 18.2. The predicted octanol–water partition coefficient (Wildman–Crippen LogP) is 6.16. The van der Waals surface area contributed by atoms with E-state index in [0.29, 0.717) is 29.7 Å². The van der Waals surface area contributed by atoms with E-state index in [9.17, 15) is 8.78 Å². The standard InChI is InChI=1S/C25H26ClF2N3O/c1-4-15(11-30-14(3)16-5-6-16)19(10-29)23-8-17-13(2)12-32-25(17)24(31-23)18-7-20(26)22(28)9-21(18)27/h4,7-9,11,13,16,19H,1,5-6,10,12,29H2,2-3H3/b15-11+,30-14?. The highest BCUT2D eigenvalue weighted by molar-refractivity contribution is 6.31. The van der Waals surface area contributed by atoms with Gasteiger partial charge in [-0.15, -0.1) is 0 Å². The van der Waals surface area contributed by atoms with Crippen LogP contribution in [0, 0.1) is 17.6 Å². The van der Waals surface area contributed by atoms with Gasteiger partial charge >= 0.3 is 0 Å². The van der Waals surface area contributed by atoms with Crippen LogP contribution in [0.3, 0.4) is 0 Å². The lowest BCUT2D eigenvalue weighted by molar-refractivity contribution is 0.337. The molecule has 1 aromatic heterocycles. The fourth-order valence-corrected chi connectivity index (χ4v) is 4.11. The smallest absolute Gasteiger partial charge is 0.149 e. The Balaban J connectivity index is 1.84. The number of nitrogens with zero attached hydrogens (tertiary/aromatic N) is 2. The van der Waals surface area contributed by atoms with Gasteiger partial charge in [0.15, 0.2) is 0 Å². The van der Waals surface area contributed by atoms with E-state index in [-0.39, 0.29) is 29.0 Å². The predicted molar refractivity (Wildman–Crippen MR) is 124 cm³/mol. The Kier molecular flexibility index (Phi) is 6.45. The third kappa shape index (κ3) is 4.34. The van der Waals surface area contributed by atoms with Crippen LogP contribution in [0.2, 0.25) is 5.02 Å². The van der Waals surface area contributed by atoms with Crippen molar-refractivity contribution in [3.8, 4) is 17.0 Å². The van der Waals surface area contributed by atoms with Gasteiger partial charge in [-0.05, 0) is 43.4 Å². The Morgan fingerprint density at radius 3 is 2.75 bits per heavy atom. The maximum Gasteiger partial charge on any atom is 0.149 e. The average Bonchev–Trinajstić information content (AvgIpc) is 3.56. The van der Waals surface area contributed by atoms with E-state index in [1.165, 1.54) is 18.9 Å². The zero-order chi connectivity index (χ0) is 23.0. The minimum Gasteiger partial charge on any atom is -0.490 e. The van der Waals surface area contributed by atoms with Crippen LogP contribution in [-0.4, -0.2) is 23.8 Å². The molecule has 4 rings (SSSR count). The number of ether oxygens (including phenoxy) is 1. The third-order valence-corrected chi connectivity index (χ3v) is 6.40. The molecule has 2 aliphatic rings. The monoisotopic (exact) mass is 457 g/mol. The first kappa shape index (κ1) is 22.6. The van der Waals surface area contributed by atoms with Crippen molar-refractivity contribution in [2.24, 2.45) is 16.6 Å². The molecule has 0 radical (unpaired) electrons. The summed E-state index contributed by atoms with van der Waals surface area (Å²) < 4.78 is 34.3. The number of nitrogens with two attached hydrogens (primary N) is 1. The van der Waals surface area contributed by atoms with Crippen molar-refractivity contribution < 1.29 is 13.5 Å². The van der Waals surface area contributed by atoms with Crippen LogP contribution in [-0.2, 0) is 0 Å². The van der Waals surface area contributed by atoms with Crippen molar-refractivity contribution in [3.63, 3.8) is 0 Å². The summed E-state index contributed by atoms with van der Waals surface area (Å²) in [7, 11) is 0. The first-order valence-electron chi connectivity index (χ1n) is 10.7. The van der Waals surface area contributed by atoms with Crippen LogP contribution < -0.4 is 10.5 Å². The van der Waals surface area contributed by atoms with Gasteiger partial charge in [-0.1, -0.05) is 31.2 Å². The Morgan fingerprint density at radius 2 is 2.09 bits per heavy atom. The van der Waals surface area contributed by atoms with E-state index in [1.54, 1.807) is 12.3 Å². The molecule has 2 atom stereocenters. The molecule has 2 heterocycles. The van der Waals surface area contributed by atoms with Crippen LogP contribution in [0.15, 0.2) is 47.6 Å². The van der Waals surface area contributed by atoms with Crippen molar-refractivity contribution >= 4 is 17.3 Å². The van der Waals surface area contributed by atoms with Crippen molar-refractivity contribution in [2.45, 2.75) is 38.5 Å². The summed E-state index contributed by atoms with van der Waals surface area (Å²) >= 11 is 5.95. The lowest BCUT2D eigenvalue weighted by Gasteiger charge is -2.19. The normalized spacial score (nSPS) is 19.5. The summed E-state index contributed by atoms with van der Waals surface area (Å²) in [6, 6.07) is 3.96. The van der Waals surface area contributed by atoms with E-state index < -0.39 is 11.6 Å². The van der Waals surface area contributed by atoms with E-state index >= 15 is 0 Å². The maximum absolute atomic E-state index is 14.7. The third-order valence-electron chi connectivity index (χ3n) is 6.11. The molecule has 4 nitrogen and oxygen atoms in total. The number of hydrogen-bond acceptors (Lipinski definition) is 4. The summed E-state index contributed by atoms with van der Waals surface area (Å²) in [5, 5.41) is -0.180. The van der Waals surface area contributed by atoms with Gasteiger partial charge in [0.2, 0.25) is 0 Å². The topological polar surface area (TPSA) is 60.5 Å². The molecule has 1 saturated carbocycles. The summed E-state index contributed by atoms with van der Waals surface area (Å²) in [6.45, 7) is 8.70. The van der Waals surface area contributed by atoms with Gasteiger partial charge in [0.1, 0.15) is 23.1 Å². The minimum absolute atomic E-state index is 0.0890. The minimum atomic E-state index is -0.824. The van der Waals surface area contributed by atoms with Gasteiger partial charge in [-0.25, -0.2) is 13.8 Å². The van der Waals surface area contributed by atoms with Gasteiger partial charge in [0.05, 0.1) is 17.3 Å². The number of benzene rings is 1.